The first-order valence-electron chi connectivity index (χ1n) is 12.9. The van der Waals surface area contributed by atoms with Gasteiger partial charge in [0, 0.05) is 29.6 Å². The minimum Gasteiger partial charge on any atom is -0.480 e. The van der Waals surface area contributed by atoms with Crippen molar-refractivity contribution in [2.45, 2.75) is 38.3 Å². The van der Waals surface area contributed by atoms with Crippen LogP contribution in [0, 0.1) is 18.8 Å². The number of fused-ring (bicyclic) bond motifs is 2. The lowest BCUT2D eigenvalue weighted by atomic mass is 9.76. The summed E-state index contributed by atoms with van der Waals surface area (Å²) in [5, 5.41) is 15.0. The topological polar surface area (TPSA) is 102 Å². The van der Waals surface area contributed by atoms with E-state index in [1.807, 2.05) is 74.5 Å². The second kappa shape index (κ2) is 8.96. The van der Waals surface area contributed by atoms with Gasteiger partial charge in [-0.3, -0.25) is 19.7 Å². The second-order valence-corrected chi connectivity index (χ2v) is 10.3. The van der Waals surface area contributed by atoms with Crippen LogP contribution in [0.5, 0.6) is 0 Å². The Morgan fingerprint density at radius 3 is 2.39 bits per heavy atom. The number of carboxylic acid groups (broad SMARTS) is 1. The molecule has 4 unspecified atom stereocenters. The van der Waals surface area contributed by atoms with Gasteiger partial charge in [-0.2, -0.15) is 0 Å². The number of carboxylic acids is 1. The van der Waals surface area contributed by atoms with Gasteiger partial charge in [-0.1, -0.05) is 61.5 Å². The zero-order valence-corrected chi connectivity index (χ0v) is 21.3. The van der Waals surface area contributed by atoms with Gasteiger partial charge in [0.25, 0.3) is 0 Å². The van der Waals surface area contributed by atoms with Gasteiger partial charge in [0.15, 0.2) is 0 Å². The molecule has 4 aromatic rings. The lowest BCUT2D eigenvalue weighted by Gasteiger charge is -2.31. The van der Waals surface area contributed by atoms with Gasteiger partial charge >= 0.3 is 5.97 Å². The quantitative estimate of drug-likeness (QED) is 0.332. The number of rotatable bonds is 6. The number of H-pyrrole nitrogens is 1. The third-order valence-electron chi connectivity index (χ3n) is 8.31. The molecule has 2 aliphatic heterocycles. The zero-order valence-electron chi connectivity index (χ0n) is 21.3. The summed E-state index contributed by atoms with van der Waals surface area (Å²) in [4.78, 5) is 45.8. The van der Waals surface area contributed by atoms with Crippen LogP contribution in [-0.4, -0.2) is 33.4 Å². The van der Waals surface area contributed by atoms with Crippen molar-refractivity contribution in [3.8, 4) is 0 Å². The minimum absolute atomic E-state index is 0.0531. The maximum atomic E-state index is 14.1. The Labute approximate surface area is 220 Å². The first-order chi connectivity index (χ1) is 18.4. The summed E-state index contributed by atoms with van der Waals surface area (Å²) in [7, 11) is 0. The zero-order chi connectivity index (χ0) is 26.6. The van der Waals surface area contributed by atoms with Gasteiger partial charge < -0.3 is 10.1 Å². The van der Waals surface area contributed by atoms with E-state index >= 15 is 0 Å². The third kappa shape index (κ3) is 3.50. The molecule has 3 aromatic carbocycles. The monoisotopic (exact) mass is 507 g/mol. The van der Waals surface area contributed by atoms with Crippen molar-refractivity contribution >= 4 is 34.4 Å². The number of nitrogens with one attached hydrogen (secondary N) is 2. The van der Waals surface area contributed by atoms with E-state index in [4.69, 9.17) is 0 Å². The number of carbonyl (C=O) groups excluding carboxylic acids is 2. The summed E-state index contributed by atoms with van der Waals surface area (Å²) in [5.74, 6) is -3.91. The molecule has 192 valence electrons. The Morgan fingerprint density at radius 2 is 1.68 bits per heavy atom. The number of carbonyl (C=O) groups is 3. The standard InChI is InChI=1S/C31H29N3O4/c1-3-19-12-14-21(15-13-19)34-28(35)25-26(29(34)36)31(30(37)38,33-27(25)22-9-5-4-8-18(22)2)16-20-17-32-24-11-7-6-10-23(20)24/h4-15,17,25-27,32-33H,3,16H2,1-2H3,(H,37,38). The number of aryl methyl sites for hydroxylation is 2. The first-order valence-corrected chi connectivity index (χ1v) is 12.9. The SMILES string of the molecule is CCc1ccc(N2C(=O)C3C(c4ccccc4C)NC(Cc4c[nH]c5ccccc45)(C(=O)O)C3C2=O)cc1. The molecule has 7 nitrogen and oxygen atoms in total. The Balaban J connectivity index is 1.51. The summed E-state index contributed by atoms with van der Waals surface area (Å²) < 4.78 is 0. The molecule has 0 aliphatic carbocycles. The highest BCUT2D eigenvalue weighted by Crippen LogP contribution is 2.51. The fraction of sp³-hybridized carbons (Fsp3) is 0.258. The van der Waals surface area contributed by atoms with E-state index in [0.717, 1.165) is 39.6 Å². The molecule has 1 aromatic heterocycles. The van der Waals surface area contributed by atoms with Crippen molar-refractivity contribution in [2.75, 3.05) is 4.90 Å². The fourth-order valence-corrected chi connectivity index (χ4v) is 6.35. The highest BCUT2D eigenvalue weighted by atomic mass is 16.4. The predicted octanol–water partition coefficient (Wildman–Crippen LogP) is 4.55. The summed E-state index contributed by atoms with van der Waals surface area (Å²) >= 11 is 0. The number of aromatic amines is 1. The number of aromatic nitrogens is 1. The molecule has 38 heavy (non-hydrogen) atoms. The molecule has 2 amide bonds. The van der Waals surface area contributed by atoms with Crippen molar-refractivity contribution in [2.24, 2.45) is 11.8 Å². The van der Waals surface area contributed by atoms with Gasteiger partial charge in [0.2, 0.25) is 11.8 Å². The lowest BCUT2D eigenvalue weighted by Crippen LogP contribution is -2.57. The number of nitrogens with zero attached hydrogens (tertiary/aromatic N) is 1. The first kappa shape index (κ1) is 24.1. The smallest absolute Gasteiger partial charge is 0.325 e. The summed E-state index contributed by atoms with van der Waals surface area (Å²) in [6.45, 7) is 3.98. The molecule has 4 atom stereocenters. The second-order valence-electron chi connectivity index (χ2n) is 10.3. The van der Waals surface area contributed by atoms with Crippen LogP contribution in [0.4, 0.5) is 5.69 Å². The molecule has 3 heterocycles. The number of benzene rings is 3. The van der Waals surface area contributed by atoms with E-state index in [9.17, 15) is 19.5 Å². The summed E-state index contributed by atoms with van der Waals surface area (Å²) in [5.41, 5.74) is 3.32. The highest BCUT2D eigenvalue weighted by Gasteiger charge is 2.68. The number of hydrogen-bond acceptors (Lipinski definition) is 4. The minimum atomic E-state index is -1.67. The Morgan fingerprint density at radius 1 is 0.974 bits per heavy atom. The molecule has 0 spiro atoms. The average molecular weight is 508 g/mol. The fourth-order valence-electron chi connectivity index (χ4n) is 6.35. The molecule has 7 heteroatoms. The van der Waals surface area contributed by atoms with Gasteiger partial charge in [0.05, 0.1) is 17.5 Å². The van der Waals surface area contributed by atoms with Crippen molar-refractivity contribution in [1.29, 1.82) is 0 Å². The normalized spacial score (nSPS) is 24.8. The summed E-state index contributed by atoms with van der Waals surface area (Å²) in [6.07, 6.45) is 2.69. The van der Waals surface area contributed by atoms with Crippen LogP contribution in [0.25, 0.3) is 10.9 Å². The molecule has 2 aliphatic rings. The van der Waals surface area contributed by atoms with E-state index in [2.05, 4.69) is 10.3 Å². The number of amides is 2. The van der Waals surface area contributed by atoms with Crippen LogP contribution in [0.1, 0.15) is 35.2 Å². The van der Waals surface area contributed by atoms with Crippen LogP contribution >= 0.6 is 0 Å². The van der Waals surface area contributed by atoms with E-state index < -0.39 is 35.3 Å². The Bertz CT molecular complexity index is 1570. The summed E-state index contributed by atoms with van der Waals surface area (Å²) in [6, 6.07) is 22.0. The van der Waals surface area contributed by atoms with Crippen LogP contribution in [-0.2, 0) is 27.2 Å². The van der Waals surface area contributed by atoms with E-state index in [1.165, 1.54) is 4.90 Å². The van der Waals surface area contributed by atoms with Crippen LogP contribution in [0.15, 0.2) is 79.0 Å². The molecular weight excluding hydrogens is 478 g/mol. The van der Waals surface area contributed by atoms with E-state index in [0.29, 0.717) is 5.69 Å². The number of hydrogen-bond donors (Lipinski definition) is 3. The van der Waals surface area contributed by atoms with Gasteiger partial charge in [0.1, 0.15) is 5.54 Å². The van der Waals surface area contributed by atoms with E-state index in [1.54, 1.807) is 18.3 Å². The number of para-hydroxylation sites is 1. The van der Waals surface area contributed by atoms with Crippen LogP contribution in [0.2, 0.25) is 0 Å². The molecule has 0 radical (unpaired) electrons. The molecule has 2 saturated heterocycles. The van der Waals surface area contributed by atoms with Crippen molar-refractivity contribution < 1.29 is 19.5 Å². The van der Waals surface area contributed by atoms with Crippen molar-refractivity contribution in [3.63, 3.8) is 0 Å². The van der Waals surface area contributed by atoms with Gasteiger partial charge in [-0.15, -0.1) is 0 Å². The third-order valence-corrected chi connectivity index (χ3v) is 8.31. The molecule has 3 N–H and O–H groups in total. The molecule has 6 rings (SSSR count). The lowest BCUT2D eigenvalue weighted by molar-refractivity contribution is -0.148. The molecule has 2 fully saturated rings. The van der Waals surface area contributed by atoms with Gasteiger partial charge in [-0.25, -0.2) is 4.90 Å². The predicted molar refractivity (Wildman–Crippen MR) is 145 cm³/mol. The van der Waals surface area contributed by atoms with Crippen LogP contribution in [0.3, 0.4) is 0 Å². The van der Waals surface area contributed by atoms with E-state index in [-0.39, 0.29) is 12.3 Å². The average Bonchev–Trinajstić information content (AvgIpc) is 3.57. The number of aliphatic carboxylic acids is 1. The number of anilines is 1. The Hall–Kier alpha value is -4.23. The van der Waals surface area contributed by atoms with Crippen molar-refractivity contribution in [3.05, 3.63) is 101 Å². The highest BCUT2D eigenvalue weighted by molar-refractivity contribution is 6.24. The number of imide groups is 1. The Kier molecular flexibility index (Phi) is 5.69. The molecule has 0 bridgehead atoms. The maximum Gasteiger partial charge on any atom is 0.325 e. The molecular formula is C31H29N3O4. The van der Waals surface area contributed by atoms with Gasteiger partial charge in [-0.05, 0) is 53.8 Å². The maximum absolute atomic E-state index is 14.1. The largest absolute Gasteiger partial charge is 0.480 e. The molecule has 0 saturated carbocycles. The van der Waals surface area contributed by atoms with Crippen LogP contribution < -0.4 is 10.2 Å². The van der Waals surface area contributed by atoms with Crippen molar-refractivity contribution in [1.82, 2.24) is 10.3 Å².